The van der Waals surface area contributed by atoms with Gasteiger partial charge in [0, 0.05) is 25.4 Å². The molecule has 2 heterocycles. The van der Waals surface area contributed by atoms with Crippen molar-refractivity contribution in [1.82, 2.24) is 20.1 Å². The second-order valence-electron chi connectivity index (χ2n) is 5.66. The molecule has 7 heteroatoms. The Kier molecular flexibility index (Phi) is 3.42. The number of carbonyl (C=O) groups is 2. The van der Waals surface area contributed by atoms with Crippen molar-refractivity contribution in [2.24, 2.45) is 5.92 Å². The molecule has 1 aliphatic carbocycles. The van der Waals surface area contributed by atoms with E-state index in [1.54, 1.807) is 4.90 Å². The second-order valence-corrected chi connectivity index (χ2v) is 5.66. The van der Waals surface area contributed by atoms with Crippen LogP contribution < -0.4 is 0 Å². The molecule has 2 aliphatic rings. The summed E-state index contributed by atoms with van der Waals surface area (Å²) in [5, 5.41) is 15.5. The van der Waals surface area contributed by atoms with Gasteiger partial charge in [-0.1, -0.05) is 0 Å². The van der Waals surface area contributed by atoms with Gasteiger partial charge in [0.1, 0.15) is 5.82 Å². The number of aromatic nitrogens is 3. The summed E-state index contributed by atoms with van der Waals surface area (Å²) in [6.07, 6.45) is 3.88. The highest BCUT2D eigenvalue weighted by molar-refractivity contribution is 5.90. The summed E-state index contributed by atoms with van der Waals surface area (Å²) in [7, 11) is 0. The predicted molar refractivity (Wildman–Crippen MR) is 69.2 cm³/mol. The first-order valence-corrected chi connectivity index (χ1v) is 7.07. The Hall–Kier alpha value is -1.92. The first-order valence-electron chi connectivity index (χ1n) is 7.07. The van der Waals surface area contributed by atoms with Crippen molar-refractivity contribution >= 4 is 11.9 Å². The zero-order valence-corrected chi connectivity index (χ0v) is 11.2. The molecule has 0 bridgehead atoms. The van der Waals surface area contributed by atoms with Crippen LogP contribution in [0.5, 0.6) is 0 Å². The van der Waals surface area contributed by atoms with Crippen molar-refractivity contribution in [3.8, 4) is 0 Å². The summed E-state index contributed by atoms with van der Waals surface area (Å²) >= 11 is 0. The molecule has 1 aromatic rings. The molecule has 20 heavy (non-hydrogen) atoms. The molecule has 108 valence electrons. The largest absolute Gasteiger partial charge is 0.481 e. The van der Waals surface area contributed by atoms with E-state index in [2.05, 4.69) is 15.2 Å². The number of carboxylic acid groups (broad SMARTS) is 1. The van der Waals surface area contributed by atoms with Gasteiger partial charge < -0.3 is 10.0 Å². The normalized spacial score (nSPS) is 22.2. The van der Waals surface area contributed by atoms with E-state index in [9.17, 15) is 9.59 Å². The van der Waals surface area contributed by atoms with Crippen LogP contribution in [0.4, 0.5) is 0 Å². The van der Waals surface area contributed by atoms with Crippen molar-refractivity contribution in [2.45, 2.75) is 38.0 Å². The highest BCUT2D eigenvalue weighted by Crippen LogP contribution is 2.37. The molecule has 2 fully saturated rings. The number of nitrogens with one attached hydrogen (secondary N) is 1. The van der Waals surface area contributed by atoms with Crippen LogP contribution in [0, 0.1) is 5.92 Å². The molecule has 1 aliphatic heterocycles. The highest BCUT2D eigenvalue weighted by atomic mass is 16.4. The van der Waals surface area contributed by atoms with E-state index >= 15 is 0 Å². The minimum Gasteiger partial charge on any atom is -0.481 e. The Morgan fingerprint density at radius 2 is 2.15 bits per heavy atom. The molecule has 1 atom stereocenters. The van der Waals surface area contributed by atoms with E-state index in [0.717, 1.165) is 25.1 Å². The molecule has 1 amide bonds. The van der Waals surface area contributed by atoms with E-state index < -0.39 is 5.97 Å². The average molecular weight is 278 g/mol. The Labute approximate surface area is 116 Å². The van der Waals surface area contributed by atoms with Gasteiger partial charge in [0.15, 0.2) is 0 Å². The molecule has 0 radical (unpaired) electrons. The molecule has 1 aromatic heterocycles. The minimum absolute atomic E-state index is 0.147. The van der Waals surface area contributed by atoms with Gasteiger partial charge in [0.2, 0.25) is 5.82 Å². The number of amides is 1. The summed E-state index contributed by atoms with van der Waals surface area (Å²) in [4.78, 5) is 28.8. The zero-order valence-electron chi connectivity index (χ0n) is 11.2. The summed E-state index contributed by atoms with van der Waals surface area (Å²) < 4.78 is 0. The number of nitrogens with zero attached hydrogens (tertiary/aromatic N) is 3. The third-order valence-corrected chi connectivity index (χ3v) is 4.00. The van der Waals surface area contributed by atoms with Gasteiger partial charge in [-0.3, -0.25) is 14.7 Å². The van der Waals surface area contributed by atoms with Crippen molar-refractivity contribution in [2.75, 3.05) is 13.1 Å². The number of rotatable bonds is 5. The van der Waals surface area contributed by atoms with Crippen LogP contribution in [0.15, 0.2) is 0 Å². The topological polar surface area (TPSA) is 99.2 Å². The number of aliphatic carboxylic acids is 1. The van der Waals surface area contributed by atoms with Gasteiger partial charge >= 0.3 is 5.97 Å². The Morgan fingerprint density at radius 1 is 1.35 bits per heavy atom. The number of carbonyl (C=O) groups excluding carboxylic acids is 1. The quantitative estimate of drug-likeness (QED) is 0.837. The van der Waals surface area contributed by atoms with Crippen LogP contribution in [0.1, 0.15) is 54.5 Å². The number of carboxylic acids is 1. The van der Waals surface area contributed by atoms with Crippen molar-refractivity contribution < 1.29 is 14.7 Å². The van der Waals surface area contributed by atoms with Crippen LogP contribution in [-0.2, 0) is 4.79 Å². The first kappa shape index (κ1) is 13.1. The molecule has 1 saturated heterocycles. The number of likely N-dealkylation sites (tertiary alicyclic amines) is 1. The molecule has 1 unspecified atom stereocenters. The van der Waals surface area contributed by atoms with Crippen LogP contribution >= 0.6 is 0 Å². The van der Waals surface area contributed by atoms with Crippen molar-refractivity contribution in [1.29, 1.82) is 0 Å². The average Bonchev–Trinajstić information content (AvgIpc) is 2.99. The van der Waals surface area contributed by atoms with Crippen molar-refractivity contribution in [3.05, 3.63) is 11.6 Å². The summed E-state index contributed by atoms with van der Waals surface area (Å²) in [5.41, 5.74) is 0. The van der Waals surface area contributed by atoms with Gasteiger partial charge in [-0.15, -0.1) is 5.10 Å². The van der Waals surface area contributed by atoms with E-state index in [1.165, 1.54) is 0 Å². The Balaban J connectivity index is 1.56. The fraction of sp³-hybridized carbons (Fsp3) is 0.692. The third kappa shape index (κ3) is 2.81. The number of hydrogen-bond donors (Lipinski definition) is 2. The van der Waals surface area contributed by atoms with Crippen LogP contribution in [-0.4, -0.2) is 50.2 Å². The van der Waals surface area contributed by atoms with Crippen molar-refractivity contribution in [3.63, 3.8) is 0 Å². The molecular formula is C13H18N4O3. The molecule has 0 spiro atoms. The number of aromatic amines is 1. The fourth-order valence-electron chi connectivity index (χ4n) is 2.63. The van der Waals surface area contributed by atoms with E-state index in [1.807, 2.05) is 0 Å². The lowest BCUT2D eigenvalue weighted by atomic mass is 10.0. The summed E-state index contributed by atoms with van der Waals surface area (Å²) in [6.45, 7) is 1.27. The van der Waals surface area contributed by atoms with E-state index in [0.29, 0.717) is 25.4 Å². The molecule has 3 rings (SSSR count). The van der Waals surface area contributed by atoms with Gasteiger partial charge in [-0.05, 0) is 31.6 Å². The first-order chi connectivity index (χ1) is 9.63. The Bertz CT molecular complexity index is 523. The van der Waals surface area contributed by atoms with Gasteiger partial charge in [-0.2, -0.15) is 0 Å². The van der Waals surface area contributed by atoms with Gasteiger partial charge in [0.25, 0.3) is 5.91 Å². The molecule has 1 saturated carbocycles. The smallest absolute Gasteiger partial charge is 0.303 e. The van der Waals surface area contributed by atoms with Gasteiger partial charge in [0.05, 0.1) is 0 Å². The molecule has 7 nitrogen and oxygen atoms in total. The minimum atomic E-state index is -0.780. The zero-order chi connectivity index (χ0) is 14.1. The van der Waals surface area contributed by atoms with E-state index in [4.69, 9.17) is 5.11 Å². The van der Waals surface area contributed by atoms with Crippen LogP contribution in [0.2, 0.25) is 0 Å². The summed E-state index contributed by atoms with van der Waals surface area (Å²) in [6, 6.07) is 0. The summed E-state index contributed by atoms with van der Waals surface area (Å²) in [5.74, 6) is 0.854. The number of H-pyrrole nitrogens is 1. The maximum atomic E-state index is 12.3. The molecule has 2 N–H and O–H groups in total. The molecule has 0 aromatic carbocycles. The number of hydrogen-bond acceptors (Lipinski definition) is 4. The fourth-order valence-corrected chi connectivity index (χ4v) is 2.63. The predicted octanol–water partition coefficient (Wildman–Crippen LogP) is 1.01. The SMILES string of the molecule is O=C(O)CCC1CCN(C(=O)c2n[nH]c(C3CC3)n2)C1. The maximum absolute atomic E-state index is 12.3. The monoisotopic (exact) mass is 278 g/mol. The second kappa shape index (κ2) is 5.22. The Morgan fingerprint density at radius 3 is 2.85 bits per heavy atom. The molecular weight excluding hydrogens is 260 g/mol. The van der Waals surface area contributed by atoms with E-state index in [-0.39, 0.29) is 24.1 Å². The standard InChI is InChI=1S/C13H18N4O3/c18-10(19)4-1-8-5-6-17(7-8)13(20)12-14-11(15-16-12)9-2-3-9/h8-9H,1-7H2,(H,18,19)(H,14,15,16). The third-order valence-electron chi connectivity index (χ3n) is 4.00. The maximum Gasteiger partial charge on any atom is 0.303 e. The lowest BCUT2D eigenvalue weighted by Crippen LogP contribution is -2.29. The van der Waals surface area contributed by atoms with Crippen LogP contribution in [0.3, 0.4) is 0 Å². The highest BCUT2D eigenvalue weighted by Gasteiger charge is 2.31. The van der Waals surface area contributed by atoms with Crippen LogP contribution in [0.25, 0.3) is 0 Å². The van der Waals surface area contributed by atoms with Gasteiger partial charge in [-0.25, -0.2) is 4.98 Å². The lowest BCUT2D eigenvalue weighted by molar-refractivity contribution is -0.137. The lowest BCUT2D eigenvalue weighted by Gasteiger charge is -2.14.